The second kappa shape index (κ2) is 5.96. The number of pyridine rings is 2. The van der Waals surface area contributed by atoms with Gasteiger partial charge in [0, 0.05) is 28.7 Å². The predicted octanol–water partition coefficient (Wildman–Crippen LogP) is 5.71. The van der Waals surface area contributed by atoms with Gasteiger partial charge in [-0.25, -0.2) is 9.97 Å². The monoisotopic (exact) mass is 372 g/mol. The second-order valence-electron chi connectivity index (χ2n) is 7.86. The molecule has 0 N–H and O–H groups in total. The molecule has 0 spiro atoms. The molecule has 1 aliphatic rings. The van der Waals surface area contributed by atoms with Crippen molar-refractivity contribution in [3.63, 3.8) is 0 Å². The summed E-state index contributed by atoms with van der Waals surface area (Å²) < 4.78 is 6.32. The first-order valence-electron chi connectivity index (χ1n) is 9.79. The molecule has 1 aromatic carbocycles. The minimum Gasteiger partial charge on any atom is -0.435 e. The number of anilines is 3. The highest BCUT2D eigenvalue weighted by molar-refractivity contribution is 6.09. The zero-order valence-electron chi connectivity index (χ0n) is 16.9. The van der Waals surface area contributed by atoms with Crippen molar-refractivity contribution in [1.29, 1.82) is 0 Å². The average molecular weight is 372 g/mol. The van der Waals surface area contributed by atoms with Crippen molar-refractivity contribution in [3.8, 4) is 0 Å². The standard InChI is InChI=1S/C23H24N4O/c1-13(2)26-16(5)27(22-19(26)7-6-12-24-22)20-14(3)8-10-17-18-11-9-15(4)25-23(18)28-21(17)20/h6-13,16H,1-5H3. The van der Waals surface area contributed by atoms with Crippen molar-refractivity contribution < 1.29 is 4.42 Å². The van der Waals surface area contributed by atoms with Crippen LogP contribution in [0, 0.1) is 13.8 Å². The summed E-state index contributed by atoms with van der Waals surface area (Å²) in [4.78, 5) is 14.1. The van der Waals surface area contributed by atoms with Crippen LogP contribution in [0.1, 0.15) is 32.0 Å². The minimum atomic E-state index is 0.136. The number of furan rings is 1. The summed E-state index contributed by atoms with van der Waals surface area (Å²) in [5.74, 6) is 0.976. The van der Waals surface area contributed by atoms with Gasteiger partial charge in [0.15, 0.2) is 11.4 Å². The molecule has 0 saturated carbocycles. The average Bonchev–Trinajstić information content (AvgIpc) is 3.16. The molecule has 5 rings (SSSR count). The van der Waals surface area contributed by atoms with E-state index < -0.39 is 0 Å². The first-order valence-corrected chi connectivity index (χ1v) is 9.79. The van der Waals surface area contributed by atoms with E-state index in [1.807, 2.05) is 25.3 Å². The van der Waals surface area contributed by atoms with Crippen LogP contribution in [0.25, 0.3) is 22.1 Å². The normalized spacial score (nSPS) is 16.6. The molecule has 0 radical (unpaired) electrons. The van der Waals surface area contributed by atoms with Crippen LogP contribution >= 0.6 is 0 Å². The Balaban J connectivity index is 1.82. The lowest BCUT2D eigenvalue weighted by Gasteiger charge is -2.33. The Morgan fingerprint density at radius 1 is 1.04 bits per heavy atom. The number of hydrogen-bond donors (Lipinski definition) is 0. The SMILES string of the molecule is Cc1ccc2c(n1)oc1c(N3c4ncccc4N(C(C)C)C3C)c(C)ccc12. The lowest BCUT2D eigenvalue weighted by atomic mass is 10.1. The summed E-state index contributed by atoms with van der Waals surface area (Å²) in [6, 6.07) is 13.0. The quantitative estimate of drug-likeness (QED) is 0.451. The summed E-state index contributed by atoms with van der Waals surface area (Å²) in [7, 11) is 0. The summed E-state index contributed by atoms with van der Waals surface area (Å²) in [5, 5.41) is 2.14. The van der Waals surface area contributed by atoms with Gasteiger partial charge >= 0.3 is 0 Å². The Kier molecular flexibility index (Phi) is 3.63. The molecule has 4 heterocycles. The molecule has 5 nitrogen and oxygen atoms in total. The van der Waals surface area contributed by atoms with Crippen LogP contribution in [-0.4, -0.2) is 22.2 Å². The Labute approximate surface area is 164 Å². The van der Waals surface area contributed by atoms with Gasteiger partial charge in [-0.3, -0.25) is 0 Å². The second-order valence-corrected chi connectivity index (χ2v) is 7.86. The molecule has 142 valence electrons. The smallest absolute Gasteiger partial charge is 0.227 e. The number of rotatable bonds is 2. The fourth-order valence-electron chi connectivity index (χ4n) is 4.48. The third-order valence-electron chi connectivity index (χ3n) is 5.67. The van der Waals surface area contributed by atoms with Crippen LogP contribution in [0.4, 0.5) is 17.2 Å². The third-order valence-corrected chi connectivity index (χ3v) is 5.67. The highest BCUT2D eigenvalue weighted by Gasteiger charge is 2.38. The Bertz CT molecular complexity index is 1210. The largest absolute Gasteiger partial charge is 0.435 e. The topological polar surface area (TPSA) is 45.4 Å². The van der Waals surface area contributed by atoms with Crippen LogP contribution in [0.3, 0.4) is 0 Å². The van der Waals surface area contributed by atoms with Gasteiger partial charge in [0.25, 0.3) is 0 Å². The predicted molar refractivity (Wildman–Crippen MR) is 114 cm³/mol. The lowest BCUT2D eigenvalue weighted by Crippen LogP contribution is -2.42. The molecule has 0 amide bonds. The van der Waals surface area contributed by atoms with Crippen LogP contribution in [0.2, 0.25) is 0 Å². The van der Waals surface area contributed by atoms with Gasteiger partial charge in [0.05, 0.1) is 11.4 Å². The first kappa shape index (κ1) is 17.0. The molecule has 0 bridgehead atoms. The zero-order valence-corrected chi connectivity index (χ0v) is 16.9. The van der Waals surface area contributed by atoms with E-state index in [4.69, 9.17) is 9.40 Å². The molecule has 1 atom stereocenters. The highest BCUT2D eigenvalue weighted by atomic mass is 16.3. The zero-order chi connectivity index (χ0) is 19.6. The molecule has 1 unspecified atom stereocenters. The van der Waals surface area contributed by atoms with Crippen molar-refractivity contribution in [2.24, 2.45) is 0 Å². The van der Waals surface area contributed by atoms with Gasteiger partial charge in [-0.2, -0.15) is 0 Å². The molecule has 0 aliphatic carbocycles. The molecular formula is C23H24N4O. The van der Waals surface area contributed by atoms with Crippen molar-refractivity contribution >= 4 is 39.3 Å². The van der Waals surface area contributed by atoms with Gasteiger partial charge < -0.3 is 14.2 Å². The van der Waals surface area contributed by atoms with Gasteiger partial charge in [-0.15, -0.1) is 0 Å². The maximum atomic E-state index is 6.32. The fraction of sp³-hybridized carbons (Fsp3) is 0.304. The van der Waals surface area contributed by atoms with Gasteiger partial charge in [0.2, 0.25) is 5.71 Å². The number of aryl methyl sites for hydroxylation is 2. The first-order chi connectivity index (χ1) is 13.5. The summed E-state index contributed by atoms with van der Waals surface area (Å²) >= 11 is 0. The molecular weight excluding hydrogens is 348 g/mol. The molecule has 0 saturated heterocycles. The van der Waals surface area contributed by atoms with Crippen molar-refractivity contribution in [2.45, 2.75) is 46.8 Å². The van der Waals surface area contributed by atoms with Gasteiger partial charge in [-0.1, -0.05) is 12.1 Å². The summed E-state index contributed by atoms with van der Waals surface area (Å²) in [6.45, 7) is 10.8. The molecule has 4 aromatic rings. The molecule has 28 heavy (non-hydrogen) atoms. The molecule has 0 fully saturated rings. The number of benzene rings is 1. The number of aromatic nitrogens is 2. The van der Waals surface area contributed by atoms with E-state index in [0.29, 0.717) is 11.8 Å². The number of nitrogens with zero attached hydrogens (tertiary/aromatic N) is 4. The van der Waals surface area contributed by atoms with Crippen LogP contribution in [-0.2, 0) is 0 Å². The minimum absolute atomic E-state index is 0.136. The van der Waals surface area contributed by atoms with E-state index in [9.17, 15) is 0 Å². The summed E-state index contributed by atoms with van der Waals surface area (Å²) in [5.41, 5.74) is 5.92. The molecule has 1 aliphatic heterocycles. The van der Waals surface area contributed by atoms with E-state index in [1.54, 1.807) is 0 Å². The van der Waals surface area contributed by atoms with E-state index in [1.165, 1.54) is 0 Å². The number of fused-ring (bicyclic) bond motifs is 4. The lowest BCUT2D eigenvalue weighted by molar-refractivity contribution is 0.601. The van der Waals surface area contributed by atoms with Crippen molar-refractivity contribution in [2.75, 3.05) is 9.80 Å². The van der Waals surface area contributed by atoms with Crippen LogP contribution < -0.4 is 9.80 Å². The van der Waals surface area contributed by atoms with Crippen LogP contribution in [0.5, 0.6) is 0 Å². The van der Waals surface area contributed by atoms with E-state index >= 15 is 0 Å². The third kappa shape index (κ3) is 2.25. The maximum absolute atomic E-state index is 6.32. The van der Waals surface area contributed by atoms with E-state index in [0.717, 1.165) is 44.8 Å². The summed E-state index contributed by atoms with van der Waals surface area (Å²) in [6.07, 6.45) is 2.00. The van der Waals surface area contributed by atoms with E-state index in [-0.39, 0.29) is 6.17 Å². The van der Waals surface area contributed by atoms with Crippen molar-refractivity contribution in [3.05, 3.63) is 53.9 Å². The van der Waals surface area contributed by atoms with Crippen molar-refractivity contribution in [1.82, 2.24) is 9.97 Å². The van der Waals surface area contributed by atoms with Gasteiger partial charge in [-0.05, 0) is 64.4 Å². The maximum Gasteiger partial charge on any atom is 0.227 e. The van der Waals surface area contributed by atoms with Gasteiger partial charge in [0.1, 0.15) is 6.17 Å². The highest BCUT2D eigenvalue weighted by Crippen LogP contribution is 2.47. The Hall–Kier alpha value is -3.08. The van der Waals surface area contributed by atoms with E-state index in [2.05, 4.69) is 66.7 Å². The van der Waals surface area contributed by atoms with Crippen LogP contribution in [0.15, 0.2) is 47.0 Å². The Morgan fingerprint density at radius 3 is 2.61 bits per heavy atom. The number of hydrogen-bond acceptors (Lipinski definition) is 5. The molecule has 5 heteroatoms. The Morgan fingerprint density at radius 2 is 1.82 bits per heavy atom. The fourth-order valence-corrected chi connectivity index (χ4v) is 4.48. The molecule has 3 aromatic heterocycles.